The van der Waals surface area contributed by atoms with Crippen LogP contribution in [0.5, 0.6) is 0 Å². The van der Waals surface area contributed by atoms with Crippen LogP contribution in [0.15, 0.2) is 22.7 Å². The molecule has 1 fully saturated rings. The predicted octanol–water partition coefficient (Wildman–Crippen LogP) is 3.14. The first-order valence-corrected chi connectivity index (χ1v) is 6.89. The Bertz CT molecular complexity index is 389. The lowest BCUT2D eigenvalue weighted by atomic mass is 9.82. The molecule has 0 amide bonds. The van der Waals surface area contributed by atoms with Gasteiger partial charge in [0, 0.05) is 4.47 Å². The maximum atomic E-state index is 9.65. The summed E-state index contributed by atoms with van der Waals surface area (Å²) in [5.41, 5.74) is 7.41. The average molecular weight is 299 g/mol. The summed E-state index contributed by atoms with van der Waals surface area (Å²) in [5, 5.41) is 13.1. The molecule has 3 nitrogen and oxygen atoms in total. The van der Waals surface area contributed by atoms with E-state index in [1.807, 2.05) is 18.2 Å². The Morgan fingerprint density at radius 3 is 2.65 bits per heavy atom. The Morgan fingerprint density at radius 1 is 1.29 bits per heavy atom. The second-order valence-electron chi connectivity index (χ2n) is 4.86. The number of nitrogens with two attached hydrogens (primary N) is 1. The normalized spacial score (nSPS) is 18.9. The van der Waals surface area contributed by atoms with Crippen LogP contribution in [-0.4, -0.2) is 17.3 Å². The third kappa shape index (κ3) is 2.93. The van der Waals surface area contributed by atoms with Gasteiger partial charge in [-0.15, -0.1) is 0 Å². The summed E-state index contributed by atoms with van der Waals surface area (Å²) in [6.45, 7) is 0.166. The molecular formula is C13H19BrN2O. The van der Waals surface area contributed by atoms with Gasteiger partial charge >= 0.3 is 0 Å². The van der Waals surface area contributed by atoms with Gasteiger partial charge in [-0.25, -0.2) is 0 Å². The summed E-state index contributed by atoms with van der Waals surface area (Å²) < 4.78 is 0.998. The van der Waals surface area contributed by atoms with Gasteiger partial charge in [0.25, 0.3) is 0 Å². The number of aliphatic hydroxyl groups excluding tert-OH is 1. The molecule has 0 heterocycles. The number of rotatable bonds is 3. The van der Waals surface area contributed by atoms with Crippen LogP contribution < -0.4 is 11.1 Å². The van der Waals surface area contributed by atoms with Gasteiger partial charge in [0.2, 0.25) is 0 Å². The summed E-state index contributed by atoms with van der Waals surface area (Å²) in [5.74, 6) is 0. The van der Waals surface area contributed by atoms with Gasteiger partial charge in [0.05, 0.1) is 23.5 Å². The van der Waals surface area contributed by atoms with E-state index in [4.69, 9.17) is 5.73 Å². The maximum absolute atomic E-state index is 9.65. The number of hydrogen-bond acceptors (Lipinski definition) is 3. The summed E-state index contributed by atoms with van der Waals surface area (Å²) >= 11 is 3.44. The summed E-state index contributed by atoms with van der Waals surface area (Å²) in [6.07, 6.45) is 5.62. The molecule has 0 atom stereocenters. The van der Waals surface area contributed by atoms with Crippen molar-refractivity contribution in [1.82, 2.24) is 0 Å². The summed E-state index contributed by atoms with van der Waals surface area (Å²) in [4.78, 5) is 0. The van der Waals surface area contributed by atoms with E-state index in [1.54, 1.807) is 0 Å². The zero-order valence-electron chi connectivity index (χ0n) is 9.88. The molecule has 4 N–H and O–H groups in total. The smallest absolute Gasteiger partial charge is 0.0661 e. The van der Waals surface area contributed by atoms with Crippen LogP contribution in [0.1, 0.15) is 32.1 Å². The quantitative estimate of drug-likeness (QED) is 0.752. The number of aliphatic hydroxyl groups is 1. The van der Waals surface area contributed by atoms with Crippen molar-refractivity contribution in [2.24, 2.45) is 0 Å². The molecule has 0 saturated heterocycles. The van der Waals surface area contributed by atoms with Gasteiger partial charge in [-0.3, -0.25) is 0 Å². The molecule has 94 valence electrons. The monoisotopic (exact) mass is 298 g/mol. The van der Waals surface area contributed by atoms with Crippen LogP contribution in [0.2, 0.25) is 0 Å². The van der Waals surface area contributed by atoms with E-state index in [1.165, 1.54) is 19.3 Å². The highest BCUT2D eigenvalue weighted by atomic mass is 79.9. The fraction of sp³-hybridized carbons (Fsp3) is 0.538. The van der Waals surface area contributed by atoms with Crippen molar-refractivity contribution in [1.29, 1.82) is 0 Å². The van der Waals surface area contributed by atoms with Crippen molar-refractivity contribution < 1.29 is 5.11 Å². The van der Waals surface area contributed by atoms with Crippen LogP contribution in [0.25, 0.3) is 0 Å². The van der Waals surface area contributed by atoms with Crippen LogP contribution in [-0.2, 0) is 0 Å². The molecule has 1 aromatic rings. The second-order valence-corrected chi connectivity index (χ2v) is 5.77. The maximum Gasteiger partial charge on any atom is 0.0661 e. The first-order chi connectivity index (χ1) is 8.15. The van der Waals surface area contributed by atoms with Gasteiger partial charge in [-0.1, -0.05) is 35.2 Å². The van der Waals surface area contributed by atoms with Gasteiger partial charge in [-0.05, 0) is 31.0 Å². The Balaban J connectivity index is 2.20. The highest BCUT2D eigenvalue weighted by molar-refractivity contribution is 9.10. The number of nitrogens with one attached hydrogen (secondary N) is 1. The Hall–Kier alpha value is -0.740. The fourth-order valence-electron chi connectivity index (χ4n) is 2.47. The molecule has 1 aliphatic rings. The van der Waals surface area contributed by atoms with Crippen molar-refractivity contribution in [3.05, 3.63) is 22.7 Å². The largest absolute Gasteiger partial charge is 0.397 e. The van der Waals surface area contributed by atoms with E-state index in [-0.39, 0.29) is 12.1 Å². The third-order valence-corrected chi connectivity index (χ3v) is 4.02. The first-order valence-electron chi connectivity index (χ1n) is 6.09. The number of benzene rings is 1. The molecule has 4 heteroatoms. The Labute approximate surface area is 111 Å². The van der Waals surface area contributed by atoms with Gasteiger partial charge in [0.1, 0.15) is 0 Å². The van der Waals surface area contributed by atoms with Crippen molar-refractivity contribution in [3.8, 4) is 0 Å². The standard InChI is InChI=1S/C13H19BrN2O/c14-10-4-5-11(15)12(8-10)16-13(9-17)6-2-1-3-7-13/h4-5,8,16-17H,1-3,6-7,9,15H2. The third-order valence-electron chi connectivity index (χ3n) is 3.53. The van der Waals surface area contributed by atoms with Crippen molar-refractivity contribution in [3.63, 3.8) is 0 Å². The van der Waals surface area contributed by atoms with E-state index in [2.05, 4.69) is 21.2 Å². The minimum atomic E-state index is -0.187. The summed E-state index contributed by atoms with van der Waals surface area (Å²) in [6, 6.07) is 5.77. The number of nitrogen functional groups attached to an aromatic ring is 1. The highest BCUT2D eigenvalue weighted by Gasteiger charge is 2.31. The van der Waals surface area contributed by atoms with E-state index in [0.717, 1.165) is 28.7 Å². The number of anilines is 2. The molecule has 0 unspecified atom stereocenters. The lowest BCUT2D eigenvalue weighted by Gasteiger charge is -2.37. The molecule has 0 bridgehead atoms. The zero-order chi connectivity index (χ0) is 12.3. The minimum Gasteiger partial charge on any atom is -0.397 e. The molecule has 0 aliphatic heterocycles. The second kappa shape index (κ2) is 5.27. The first kappa shape index (κ1) is 12.7. The van der Waals surface area contributed by atoms with Crippen LogP contribution >= 0.6 is 15.9 Å². The topological polar surface area (TPSA) is 58.3 Å². The molecule has 2 rings (SSSR count). The van der Waals surface area contributed by atoms with Crippen LogP contribution in [0.3, 0.4) is 0 Å². The van der Waals surface area contributed by atoms with Crippen molar-refractivity contribution in [2.45, 2.75) is 37.6 Å². The molecule has 0 radical (unpaired) electrons. The van der Waals surface area contributed by atoms with Crippen molar-refractivity contribution in [2.75, 3.05) is 17.7 Å². The van der Waals surface area contributed by atoms with E-state index in [0.29, 0.717) is 0 Å². The van der Waals surface area contributed by atoms with E-state index >= 15 is 0 Å². The van der Waals surface area contributed by atoms with E-state index in [9.17, 15) is 5.11 Å². The molecule has 1 aromatic carbocycles. The van der Waals surface area contributed by atoms with Gasteiger partial charge in [-0.2, -0.15) is 0 Å². The molecule has 0 aromatic heterocycles. The van der Waals surface area contributed by atoms with Gasteiger partial charge in [0.15, 0.2) is 0 Å². The SMILES string of the molecule is Nc1ccc(Br)cc1NC1(CO)CCCCC1. The molecule has 0 spiro atoms. The van der Waals surface area contributed by atoms with Crippen LogP contribution in [0.4, 0.5) is 11.4 Å². The molecular weight excluding hydrogens is 280 g/mol. The number of hydrogen-bond donors (Lipinski definition) is 3. The lowest BCUT2D eigenvalue weighted by Crippen LogP contribution is -2.44. The average Bonchev–Trinajstić information content (AvgIpc) is 2.35. The highest BCUT2D eigenvalue weighted by Crippen LogP contribution is 2.34. The fourth-order valence-corrected chi connectivity index (χ4v) is 2.83. The van der Waals surface area contributed by atoms with E-state index < -0.39 is 0 Å². The molecule has 1 saturated carbocycles. The molecule has 17 heavy (non-hydrogen) atoms. The molecule has 1 aliphatic carbocycles. The van der Waals surface area contributed by atoms with Gasteiger partial charge < -0.3 is 16.2 Å². The minimum absolute atomic E-state index is 0.166. The zero-order valence-corrected chi connectivity index (χ0v) is 11.5. The number of halogens is 1. The predicted molar refractivity (Wildman–Crippen MR) is 75.1 cm³/mol. The lowest BCUT2D eigenvalue weighted by molar-refractivity contribution is 0.173. The Kier molecular flexibility index (Phi) is 3.94. The summed E-state index contributed by atoms with van der Waals surface area (Å²) in [7, 11) is 0. The Morgan fingerprint density at radius 2 is 2.00 bits per heavy atom. The van der Waals surface area contributed by atoms with Crippen molar-refractivity contribution >= 4 is 27.3 Å². The van der Waals surface area contributed by atoms with Crippen LogP contribution in [0, 0.1) is 0 Å².